The standard InChI is InChI=1S/C19H23N3O2S/c1-15(18-10-7-13-25-18)21-24-14-19(23)20-16-8-3-4-9-17(16)22-11-5-2-6-12-22/h3-4,7-10,13H,2,5-6,11-12,14H2,1H3,(H,20,23)/b21-15-. The van der Waals surface area contributed by atoms with Crippen LogP contribution in [0, 0.1) is 0 Å². The van der Waals surface area contributed by atoms with Crippen LogP contribution in [0.3, 0.4) is 0 Å². The van der Waals surface area contributed by atoms with Gasteiger partial charge in [0.15, 0.2) is 6.61 Å². The predicted molar refractivity (Wildman–Crippen MR) is 104 cm³/mol. The lowest BCUT2D eigenvalue weighted by Crippen LogP contribution is -2.30. The normalized spacial score (nSPS) is 15.1. The minimum Gasteiger partial charge on any atom is -0.385 e. The van der Waals surface area contributed by atoms with E-state index in [4.69, 9.17) is 4.84 Å². The number of piperidine rings is 1. The summed E-state index contributed by atoms with van der Waals surface area (Å²) in [6.07, 6.45) is 3.67. The number of benzene rings is 1. The Hall–Kier alpha value is -2.34. The van der Waals surface area contributed by atoms with Gasteiger partial charge in [-0.3, -0.25) is 4.79 Å². The first kappa shape index (κ1) is 17.5. The zero-order chi connectivity index (χ0) is 17.5. The van der Waals surface area contributed by atoms with Gasteiger partial charge < -0.3 is 15.1 Å². The molecule has 0 saturated carbocycles. The van der Waals surface area contributed by atoms with Crippen LogP contribution in [-0.4, -0.2) is 31.3 Å². The Morgan fingerprint density at radius 2 is 2.00 bits per heavy atom. The highest BCUT2D eigenvalue weighted by molar-refractivity contribution is 7.12. The van der Waals surface area contributed by atoms with Crippen molar-refractivity contribution < 1.29 is 9.63 Å². The number of thiophene rings is 1. The van der Waals surface area contributed by atoms with Gasteiger partial charge in [0, 0.05) is 13.1 Å². The van der Waals surface area contributed by atoms with Crippen LogP contribution in [0.1, 0.15) is 31.1 Å². The van der Waals surface area contributed by atoms with E-state index in [1.165, 1.54) is 19.3 Å². The van der Waals surface area contributed by atoms with Crippen LogP contribution in [-0.2, 0) is 9.63 Å². The molecule has 2 heterocycles. The molecule has 132 valence electrons. The zero-order valence-electron chi connectivity index (χ0n) is 14.4. The van der Waals surface area contributed by atoms with E-state index in [1.807, 2.05) is 42.6 Å². The third-order valence-corrected chi connectivity index (χ3v) is 5.13. The highest BCUT2D eigenvalue weighted by Gasteiger charge is 2.15. The Bertz CT molecular complexity index is 722. The molecule has 1 aliphatic heterocycles. The summed E-state index contributed by atoms with van der Waals surface area (Å²) in [6, 6.07) is 11.9. The van der Waals surface area contributed by atoms with Gasteiger partial charge in [0.2, 0.25) is 0 Å². The van der Waals surface area contributed by atoms with Gasteiger partial charge in [-0.05, 0) is 49.8 Å². The third-order valence-electron chi connectivity index (χ3n) is 4.15. The number of nitrogens with zero attached hydrogens (tertiary/aromatic N) is 2. The van der Waals surface area contributed by atoms with Gasteiger partial charge in [0.1, 0.15) is 0 Å². The van der Waals surface area contributed by atoms with Crippen molar-refractivity contribution >= 4 is 34.3 Å². The van der Waals surface area contributed by atoms with Crippen molar-refractivity contribution in [2.24, 2.45) is 5.16 Å². The molecule has 3 rings (SSSR count). The van der Waals surface area contributed by atoms with E-state index in [0.717, 1.165) is 35.1 Å². The van der Waals surface area contributed by atoms with E-state index in [1.54, 1.807) is 11.3 Å². The minimum absolute atomic E-state index is 0.100. The smallest absolute Gasteiger partial charge is 0.265 e. The van der Waals surface area contributed by atoms with Crippen molar-refractivity contribution in [3.8, 4) is 0 Å². The van der Waals surface area contributed by atoms with Gasteiger partial charge in [-0.2, -0.15) is 0 Å². The van der Waals surface area contributed by atoms with Crippen molar-refractivity contribution in [2.45, 2.75) is 26.2 Å². The van der Waals surface area contributed by atoms with Gasteiger partial charge in [0.25, 0.3) is 5.91 Å². The first-order valence-corrected chi connectivity index (χ1v) is 9.46. The van der Waals surface area contributed by atoms with Gasteiger partial charge in [-0.1, -0.05) is 23.4 Å². The number of carbonyl (C=O) groups is 1. The maximum atomic E-state index is 12.2. The molecule has 0 bridgehead atoms. The molecule has 1 aliphatic rings. The number of nitrogens with one attached hydrogen (secondary N) is 1. The second kappa shape index (κ2) is 8.67. The summed E-state index contributed by atoms with van der Waals surface area (Å²) in [5.41, 5.74) is 2.68. The maximum absolute atomic E-state index is 12.2. The summed E-state index contributed by atoms with van der Waals surface area (Å²) in [7, 11) is 0. The molecule has 2 aromatic rings. The zero-order valence-corrected chi connectivity index (χ0v) is 15.2. The topological polar surface area (TPSA) is 53.9 Å². The van der Waals surface area contributed by atoms with E-state index >= 15 is 0 Å². The molecule has 6 heteroatoms. The highest BCUT2D eigenvalue weighted by atomic mass is 32.1. The monoisotopic (exact) mass is 357 g/mol. The maximum Gasteiger partial charge on any atom is 0.265 e. The summed E-state index contributed by atoms with van der Waals surface area (Å²) in [6.45, 7) is 3.84. The van der Waals surface area contributed by atoms with Gasteiger partial charge in [0.05, 0.1) is 22.0 Å². The Balaban J connectivity index is 1.57. The van der Waals surface area contributed by atoms with Crippen LogP contribution in [0.15, 0.2) is 46.9 Å². The summed E-state index contributed by atoms with van der Waals surface area (Å²) in [5.74, 6) is -0.202. The molecule has 25 heavy (non-hydrogen) atoms. The fourth-order valence-corrected chi connectivity index (χ4v) is 3.56. The summed E-state index contributed by atoms with van der Waals surface area (Å²) < 4.78 is 0. The molecular formula is C19H23N3O2S. The summed E-state index contributed by atoms with van der Waals surface area (Å²) >= 11 is 1.59. The number of hydrogen-bond donors (Lipinski definition) is 1. The molecule has 0 atom stereocenters. The molecule has 0 unspecified atom stereocenters. The molecule has 5 nitrogen and oxygen atoms in total. The minimum atomic E-state index is -0.202. The average molecular weight is 357 g/mol. The first-order valence-electron chi connectivity index (χ1n) is 8.58. The van der Waals surface area contributed by atoms with E-state index < -0.39 is 0 Å². The molecule has 1 fully saturated rings. The van der Waals surface area contributed by atoms with Crippen LogP contribution in [0.2, 0.25) is 0 Å². The van der Waals surface area contributed by atoms with Crippen LogP contribution in [0.4, 0.5) is 11.4 Å². The number of oxime groups is 1. The lowest BCUT2D eigenvalue weighted by atomic mass is 10.1. The third kappa shape index (κ3) is 4.82. The van der Waals surface area contributed by atoms with Crippen molar-refractivity contribution in [1.29, 1.82) is 0 Å². The van der Waals surface area contributed by atoms with Gasteiger partial charge in [-0.15, -0.1) is 11.3 Å². The average Bonchev–Trinajstić information content (AvgIpc) is 3.18. The largest absolute Gasteiger partial charge is 0.385 e. The van der Waals surface area contributed by atoms with E-state index in [2.05, 4.69) is 21.4 Å². The van der Waals surface area contributed by atoms with Gasteiger partial charge >= 0.3 is 0 Å². The molecule has 0 aliphatic carbocycles. The molecule has 1 aromatic heterocycles. The lowest BCUT2D eigenvalue weighted by Gasteiger charge is -2.30. The predicted octanol–water partition coefficient (Wildman–Crippen LogP) is 4.12. The molecule has 1 N–H and O–H groups in total. The molecule has 1 amide bonds. The Morgan fingerprint density at radius 3 is 2.76 bits per heavy atom. The molecular weight excluding hydrogens is 334 g/mol. The van der Waals surface area contributed by atoms with Crippen molar-refractivity contribution in [1.82, 2.24) is 0 Å². The number of rotatable bonds is 6. The Labute approximate surface area is 152 Å². The van der Waals surface area contributed by atoms with E-state index in [-0.39, 0.29) is 12.5 Å². The number of carbonyl (C=O) groups excluding carboxylic acids is 1. The van der Waals surface area contributed by atoms with Crippen LogP contribution >= 0.6 is 11.3 Å². The molecule has 1 saturated heterocycles. The summed E-state index contributed by atoms with van der Waals surface area (Å²) in [5, 5.41) is 8.95. The van der Waals surface area contributed by atoms with Crippen LogP contribution in [0.5, 0.6) is 0 Å². The van der Waals surface area contributed by atoms with Crippen molar-refractivity contribution in [2.75, 3.05) is 29.9 Å². The fourth-order valence-electron chi connectivity index (χ4n) is 2.89. The van der Waals surface area contributed by atoms with Gasteiger partial charge in [-0.25, -0.2) is 0 Å². The van der Waals surface area contributed by atoms with E-state index in [9.17, 15) is 4.79 Å². The molecule has 0 radical (unpaired) electrons. The Morgan fingerprint density at radius 1 is 1.20 bits per heavy atom. The van der Waals surface area contributed by atoms with Crippen molar-refractivity contribution in [3.05, 3.63) is 46.7 Å². The quantitative estimate of drug-likeness (QED) is 0.625. The highest BCUT2D eigenvalue weighted by Crippen LogP contribution is 2.28. The first-order chi connectivity index (χ1) is 12.2. The second-order valence-corrected chi connectivity index (χ2v) is 6.99. The molecule has 1 aromatic carbocycles. The number of anilines is 2. The molecule has 0 spiro atoms. The lowest BCUT2D eigenvalue weighted by molar-refractivity contribution is -0.120. The fraction of sp³-hybridized carbons (Fsp3) is 0.368. The SMILES string of the molecule is C/C(=N/OCC(=O)Nc1ccccc1N1CCCCC1)c1cccs1. The summed E-state index contributed by atoms with van der Waals surface area (Å²) in [4.78, 5) is 20.8. The second-order valence-electron chi connectivity index (χ2n) is 6.04. The Kier molecular flexibility index (Phi) is 6.06. The van der Waals surface area contributed by atoms with Crippen LogP contribution < -0.4 is 10.2 Å². The number of amides is 1. The van der Waals surface area contributed by atoms with E-state index in [0.29, 0.717) is 0 Å². The van der Waals surface area contributed by atoms with Crippen LogP contribution in [0.25, 0.3) is 0 Å². The van der Waals surface area contributed by atoms with Crippen molar-refractivity contribution in [3.63, 3.8) is 0 Å². The number of para-hydroxylation sites is 2. The number of hydrogen-bond acceptors (Lipinski definition) is 5.